The Bertz CT molecular complexity index is 540. The van der Waals surface area contributed by atoms with Crippen LogP contribution in [0.25, 0.3) is 0 Å². The highest BCUT2D eigenvalue weighted by molar-refractivity contribution is 9.10. The van der Waals surface area contributed by atoms with Crippen LogP contribution < -0.4 is 5.32 Å². The highest BCUT2D eigenvalue weighted by Crippen LogP contribution is 2.31. The molecule has 0 fully saturated rings. The topological polar surface area (TPSA) is 12.0 Å². The largest absolute Gasteiger partial charge is 0.308 e. The van der Waals surface area contributed by atoms with Crippen molar-refractivity contribution in [3.63, 3.8) is 0 Å². The van der Waals surface area contributed by atoms with Gasteiger partial charge in [-0.3, -0.25) is 0 Å². The summed E-state index contributed by atoms with van der Waals surface area (Å²) in [6.45, 7) is 1.15. The zero-order valence-electron chi connectivity index (χ0n) is 9.14. The van der Waals surface area contributed by atoms with Crippen LogP contribution in [0.5, 0.6) is 0 Å². The molecular formula is C12H9Br2ClFNS. The first-order chi connectivity index (χ1) is 8.56. The number of benzene rings is 1. The van der Waals surface area contributed by atoms with E-state index in [1.807, 2.05) is 6.07 Å². The minimum Gasteiger partial charge on any atom is -0.308 e. The van der Waals surface area contributed by atoms with Gasteiger partial charge in [0.2, 0.25) is 0 Å². The lowest BCUT2D eigenvalue weighted by Gasteiger charge is -2.05. The fourth-order valence-electron chi connectivity index (χ4n) is 1.48. The first-order valence-corrected chi connectivity index (χ1v) is 7.92. The summed E-state index contributed by atoms with van der Waals surface area (Å²) in [6.07, 6.45) is 0. The lowest BCUT2D eigenvalue weighted by atomic mass is 10.2. The van der Waals surface area contributed by atoms with Gasteiger partial charge in [0.25, 0.3) is 0 Å². The number of rotatable bonds is 4. The Morgan fingerprint density at radius 2 is 2.00 bits per heavy atom. The average Bonchev–Trinajstić information content (AvgIpc) is 2.63. The Morgan fingerprint density at radius 1 is 1.22 bits per heavy atom. The minimum atomic E-state index is -0.198. The number of nitrogens with one attached hydrogen (secondary N) is 1. The molecule has 0 atom stereocenters. The zero-order chi connectivity index (χ0) is 13.1. The fourth-order valence-corrected chi connectivity index (χ4v) is 3.65. The molecule has 2 rings (SSSR count). The summed E-state index contributed by atoms with van der Waals surface area (Å²) in [6, 6.07) is 6.89. The van der Waals surface area contributed by atoms with Crippen molar-refractivity contribution >= 4 is 54.8 Å². The molecule has 0 bridgehead atoms. The maximum Gasteiger partial charge on any atom is 0.127 e. The zero-order valence-corrected chi connectivity index (χ0v) is 13.9. The predicted molar refractivity (Wildman–Crippen MR) is 81.7 cm³/mol. The molecule has 1 heterocycles. The number of hydrogen-bond donors (Lipinski definition) is 1. The first kappa shape index (κ1) is 14.5. The smallest absolute Gasteiger partial charge is 0.127 e. The SMILES string of the molecule is Fc1ccc(Br)cc1CNCc1cc(Br)c(Cl)s1. The van der Waals surface area contributed by atoms with Crippen molar-refractivity contribution in [3.8, 4) is 0 Å². The first-order valence-electron chi connectivity index (χ1n) is 5.14. The van der Waals surface area contributed by atoms with E-state index in [0.29, 0.717) is 18.7 Å². The lowest BCUT2D eigenvalue weighted by Crippen LogP contribution is -2.12. The molecule has 0 amide bonds. The number of halogens is 4. The second-order valence-electron chi connectivity index (χ2n) is 3.67. The van der Waals surface area contributed by atoms with Crippen molar-refractivity contribution in [1.29, 1.82) is 0 Å². The third-order valence-corrected chi connectivity index (χ3v) is 5.29. The molecule has 2 aromatic rings. The maximum atomic E-state index is 13.5. The van der Waals surface area contributed by atoms with E-state index in [1.54, 1.807) is 12.1 Å². The molecule has 0 aliphatic carbocycles. The summed E-state index contributed by atoms with van der Waals surface area (Å²) in [5.41, 5.74) is 0.645. The Kier molecular flexibility index (Phi) is 5.21. The molecule has 0 saturated carbocycles. The van der Waals surface area contributed by atoms with E-state index in [0.717, 1.165) is 18.2 Å². The quantitative estimate of drug-likeness (QED) is 0.712. The van der Waals surface area contributed by atoms with Crippen molar-refractivity contribution < 1.29 is 4.39 Å². The van der Waals surface area contributed by atoms with Crippen LogP contribution in [0.2, 0.25) is 4.34 Å². The van der Waals surface area contributed by atoms with Crippen molar-refractivity contribution in [2.75, 3.05) is 0 Å². The molecule has 1 nitrogen and oxygen atoms in total. The van der Waals surface area contributed by atoms with Gasteiger partial charge in [-0.15, -0.1) is 11.3 Å². The standard InChI is InChI=1S/C12H9Br2ClFNS/c13-8-1-2-11(16)7(3-8)5-17-6-9-4-10(14)12(15)18-9/h1-4,17H,5-6H2. The van der Waals surface area contributed by atoms with E-state index >= 15 is 0 Å². The monoisotopic (exact) mass is 411 g/mol. The molecule has 6 heteroatoms. The summed E-state index contributed by atoms with van der Waals surface area (Å²) in [7, 11) is 0. The van der Waals surface area contributed by atoms with E-state index < -0.39 is 0 Å². The summed E-state index contributed by atoms with van der Waals surface area (Å²) >= 11 is 14.1. The minimum absolute atomic E-state index is 0.198. The van der Waals surface area contributed by atoms with E-state index in [2.05, 4.69) is 37.2 Å². The predicted octanol–water partition coefficient (Wildman–Crippen LogP) is 5.36. The van der Waals surface area contributed by atoms with Crippen molar-refractivity contribution in [2.45, 2.75) is 13.1 Å². The van der Waals surface area contributed by atoms with Gasteiger partial charge in [0.15, 0.2) is 0 Å². The Morgan fingerprint density at radius 3 is 2.67 bits per heavy atom. The summed E-state index contributed by atoms with van der Waals surface area (Å²) < 4.78 is 16.0. The van der Waals surface area contributed by atoms with E-state index in [9.17, 15) is 4.39 Å². The molecule has 1 N–H and O–H groups in total. The summed E-state index contributed by atoms with van der Waals surface area (Å²) in [4.78, 5) is 1.11. The van der Waals surface area contributed by atoms with Gasteiger partial charge in [0.1, 0.15) is 10.2 Å². The highest BCUT2D eigenvalue weighted by Gasteiger charge is 2.05. The number of hydrogen-bond acceptors (Lipinski definition) is 2. The average molecular weight is 414 g/mol. The Labute approximate surface area is 131 Å². The van der Waals surface area contributed by atoms with E-state index in [4.69, 9.17) is 11.6 Å². The van der Waals surface area contributed by atoms with Crippen LogP contribution in [0.1, 0.15) is 10.4 Å². The van der Waals surface area contributed by atoms with Gasteiger partial charge in [0, 0.05) is 32.5 Å². The lowest BCUT2D eigenvalue weighted by molar-refractivity contribution is 0.588. The normalized spacial score (nSPS) is 10.9. The van der Waals surface area contributed by atoms with Crippen LogP contribution in [-0.2, 0) is 13.1 Å². The van der Waals surface area contributed by atoms with Crippen molar-refractivity contribution in [2.24, 2.45) is 0 Å². The maximum absolute atomic E-state index is 13.5. The third-order valence-electron chi connectivity index (χ3n) is 2.32. The number of thiophene rings is 1. The fraction of sp³-hybridized carbons (Fsp3) is 0.167. The van der Waals surface area contributed by atoms with Crippen LogP contribution in [0, 0.1) is 5.82 Å². The van der Waals surface area contributed by atoms with Gasteiger partial charge in [0.05, 0.1) is 0 Å². The summed E-state index contributed by atoms with van der Waals surface area (Å²) in [5, 5.41) is 3.20. The summed E-state index contributed by atoms with van der Waals surface area (Å²) in [5.74, 6) is -0.198. The molecule has 0 saturated heterocycles. The molecule has 96 valence electrons. The van der Waals surface area contributed by atoms with Crippen LogP contribution in [0.15, 0.2) is 33.2 Å². The van der Waals surface area contributed by atoms with E-state index in [1.165, 1.54) is 17.4 Å². The van der Waals surface area contributed by atoms with Crippen molar-refractivity contribution in [1.82, 2.24) is 5.32 Å². The van der Waals surface area contributed by atoms with Gasteiger partial charge < -0.3 is 5.32 Å². The molecule has 0 spiro atoms. The van der Waals surface area contributed by atoms with Crippen LogP contribution in [0.4, 0.5) is 4.39 Å². The van der Waals surface area contributed by atoms with Gasteiger partial charge in [-0.1, -0.05) is 27.5 Å². The third kappa shape index (κ3) is 3.78. The van der Waals surface area contributed by atoms with Gasteiger partial charge in [-0.25, -0.2) is 4.39 Å². The molecule has 1 aromatic heterocycles. The van der Waals surface area contributed by atoms with Gasteiger partial charge in [-0.2, -0.15) is 0 Å². The molecule has 0 unspecified atom stereocenters. The van der Waals surface area contributed by atoms with E-state index in [-0.39, 0.29) is 5.82 Å². The molecule has 0 aliphatic heterocycles. The Balaban J connectivity index is 1.94. The van der Waals surface area contributed by atoms with Crippen molar-refractivity contribution in [3.05, 3.63) is 53.8 Å². The Hall–Kier alpha value is 0.0600. The molecular weight excluding hydrogens is 404 g/mol. The van der Waals surface area contributed by atoms with Crippen LogP contribution in [0.3, 0.4) is 0 Å². The molecule has 18 heavy (non-hydrogen) atoms. The van der Waals surface area contributed by atoms with Gasteiger partial charge in [-0.05, 0) is 40.2 Å². The second-order valence-corrected chi connectivity index (χ2v) is 7.18. The van der Waals surface area contributed by atoms with Crippen LogP contribution in [-0.4, -0.2) is 0 Å². The molecule has 1 aromatic carbocycles. The second kappa shape index (κ2) is 6.48. The van der Waals surface area contributed by atoms with Gasteiger partial charge >= 0.3 is 0 Å². The van der Waals surface area contributed by atoms with Crippen LogP contribution >= 0.6 is 54.8 Å². The highest BCUT2D eigenvalue weighted by atomic mass is 79.9. The molecule has 0 aliphatic rings. The molecule has 0 radical (unpaired) electrons.